The van der Waals surface area contributed by atoms with E-state index in [1.165, 1.54) is 4.90 Å². The Balaban J connectivity index is 1.62. The molecule has 12 heteroatoms. The molecule has 0 bridgehead atoms. The fourth-order valence-electron chi connectivity index (χ4n) is 5.01. The number of H-pyrrole nitrogens is 1. The Hall–Kier alpha value is -4.84. The molecule has 4 rings (SSSR count). The molecule has 214 valence electrons. The number of ketones is 1. The van der Waals surface area contributed by atoms with Crippen molar-refractivity contribution in [1.82, 2.24) is 15.6 Å². The first-order valence-electron chi connectivity index (χ1n) is 13.1. The second-order valence-corrected chi connectivity index (χ2v) is 9.83. The lowest BCUT2D eigenvalue weighted by Crippen LogP contribution is -2.50. The van der Waals surface area contributed by atoms with E-state index in [2.05, 4.69) is 15.6 Å². The number of aliphatic hydroxyl groups excluding tert-OH is 1. The minimum Gasteiger partial charge on any atom is -0.481 e. The number of carbonyl (C=O) groups is 6. The van der Waals surface area contributed by atoms with Gasteiger partial charge < -0.3 is 35.5 Å². The van der Waals surface area contributed by atoms with Gasteiger partial charge in [0.2, 0.25) is 5.91 Å². The van der Waals surface area contributed by atoms with Crippen LogP contribution < -0.4 is 15.5 Å². The fraction of sp³-hybridized carbons (Fsp3) is 0.310. The number of aliphatic hydroxyl groups is 1. The van der Waals surface area contributed by atoms with Gasteiger partial charge in [-0.25, -0.2) is 0 Å². The summed E-state index contributed by atoms with van der Waals surface area (Å²) in [6.07, 6.45) is -0.299. The largest absolute Gasteiger partial charge is 0.481 e. The van der Waals surface area contributed by atoms with Gasteiger partial charge in [-0.2, -0.15) is 0 Å². The lowest BCUT2D eigenvalue weighted by molar-refractivity contribution is -0.139. The smallest absolute Gasteiger partial charge is 0.305 e. The maximum absolute atomic E-state index is 13.4. The number of carboxylic acid groups (broad SMARTS) is 1. The first-order chi connectivity index (χ1) is 19.7. The second kappa shape index (κ2) is 13.0. The van der Waals surface area contributed by atoms with Gasteiger partial charge in [-0.15, -0.1) is 0 Å². The lowest BCUT2D eigenvalue weighted by Gasteiger charge is -2.29. The number of benzene rings is 2. The first-order valence-corrected chi connectivity index (χ1v) is 13.1. The van der Waals surface area contributed by atoms with Crippen molar-refractivity contribution < 1.29 is 39.0 Å². The van der Waals surface area contributed by atoms with E-state index in [0.29, 0.717) is 17.5 Å². The zero-order valence-electron chi connectivity index (χ0n) is 22.0. The number of rotatable bonds is 9. The van der Waals surface area contributed by atoms with Gasteiger partial charge in [0, 0.05) is 29.4 Å². The highest BCUT2D eigenvalue weighted by Crippen LogP contribution is 2.35. The van der Waals surface area contributed by atoms with Crippen LogP contribution >= 0.6 is 0 Å². The molecule has 3 amide bonds. The predicted octanol–water partition coefficient (Wildman–Crippen LogP) is 1.29. The number of fused-ring (bicyclic) bond motifs is 2. The molecule has 0 radical (unpaired) electrons. The number of aldehydes is 1. The molecule has 2 aromatic carbocycles. The highest BCUT2D eigenvalue weighted by atomic mass is 16.4. The number of aromatic nitrogens is 1. The van der Waals surface area contributed by atoms with Gasteiger partial charge in [-0.1, -0.05) is 36.4 Å². The molecular formula is C29H30N4O8. The number of para-hydroxylation sites is 2. The van der Waals surface area contributed by atoms with Crippen molar-refractivity contribution in [3.8, 4) is 0 Å². The first kappa shape index (κ1) is 29.2. The van der Waals surface area contributed by atoms with Crippen LogP contribution in [0.15, 0.2) is 54.6 Å². The third-order valence-corrected chi connectivity index (χ3v) is 7.01. The molecule has 2 heterocycles. The summed E-state index contributed by atoms with van der Waals surface area (Å²) in [7, 11) is 0. The quantitative estimate of drug-likeness (QED) is 0.241. The molecular weight excluding hydrogens is 532 g/mol. The van der Waals surface area contributed by atoms with Crippen LogP contribution in [0.4, 0.5) is 5.69 Å². The molecule has 0 fully saturated rings. The Morgan fingerprint density at radius 1 is 1.10 bits per heavy atom. The van der Waals surface area contributed by atoms with Crippen LogP contribution in [0, 0.1) is 0 Å². The third kappa shape index (κ3) is 7.03. The molecule has 41 heavy (non-hydrogen) atoms. The van der Waals surface area contributed by atoms with Crippen molar-refractivity contribution >= 4 is 52.4 Å². The zero-order valence-corrected chi connectivity index (χ0v) is 22.0. The van der Waals surface area contributed by atoms with Gasteiger partial charge in [-0.05, 0) is 36.1 Å². The van der Waals surface area contributed by atoms with Crippen LogP contribution in [-0.2, 0) is 24.0 Å². The number of hydrogen-bond acceptors (Lipinski definition) is 7. The van der Waals surface area contributed by atoms with Gasteiger partial charge in [0.05, 0.1) is 19.0 Å². The average molecular weight is 563 g/mol. The third-order valence-electron chi connectivity index (χ3n) is 7.01. The molecule has 0 saturated carbocycles. The maximum Gasteiger partial charge on any atom is 0.305 e. The molecule has 0 aliphatic carbocycles. The van der Waals surface area contributed by atoms with E-state index in [9.17, 15) is 33.9 Å². The summed E-state index contributed by atoms with van der Waals surface area (Å²) in [5.74, 6) is -4.07. The molecule has 5 N–H and O–H groups in total. The van der Waals surface area contributed by atoms with Crippen LogP contribution in [0.2, 0.25) is 0 Å². The summed E-state index contributed by atoms with van der Waals surface area (Å²) in [4.78, 5) is 78.8. The Morgan fingerprint density at radius 2 is 1.83 bits per heavy atom. The molecule has 1 aliphatic rings. The van der Waals surface area contributed by atoms with Crippen LogP contribution in [0.5, 0.6) is 0 Å². The monoisotopic (exact) mass is 562 g/mol. The average Bonchev–Trinajstić information content (AvgIpc) is 3.42. The van der Waals surface area contributed by atoms with E-state index in [4.69, 9.17) is 5.11 Å². The van der Waals surface area contributed by atoms with E-state index in [1.54, 1.807) is 30.3 Å². The number of hydrogen-bond donors (Lipinski definition) is 5. The number of nitrogens with one attached hydrogen (secondary N) is 3. The van der Waals surface area contributed by atoms with Crippen molar-refractivity contribution in [2.24, 2.45) is 0 Å². The molecule has 1 unspecified atom stereocenters. The molecule has 1 aromatic heterocycles. The van der Waals surface area contributed by atoms with Crippen molar-refractivity contribution in [2.75, 3.05) is 18.1 Å². The van der Waals surface area contributed by atoms with Crippen LogP contribution in [0.1, 0.15) is 47.7 Å². The SMILES string of the molecule is O=C[C@H](CC(=O)O)NC(=O)CC1CCC(=O)[C@@H](NC(=O)c2cc3ccccc3[nH]2)CN(C(=O)CO)c2ccccc21. The number of amides is 3. The highest BCUT2D eigenvalue weighted by Gasteiger charge is 2.33. The van der Waals surface area contributed by atoms with Gasteiger partial charge in [0.25, 0.3) is 11.8 Å². The molecule has 0 spiro atoms. The predicted molar refractivity (Wildman–Crippen MR) is 147 cm³/mol. The van der Waals surface area contributed by atoms with E-state index in [0.717, 1.165) is 10.9 Å². The zero-order chi connectivity index (χ0) is 29.5. The fourth-order valence-corrected chi connectivity index (χ4v) is 5.01. The highest BCUT2D eigenvalue weighted by molar-refractivity contribution is 6.02. The van der Waals surface area contributed by atoms with Crippen molar-refractivity contribution in [2.45, 2.75) is 43.7 Å². The Kier molecular flexibility index (Phi) is 9.25. The minimum absolute atomic E-state index is 0.0443. The van der Waals surface area contributed by atoms with Crippen LogP contribution in [-0.4, -0.2) is 76.2 Å². The number of Topliss-reactive ketones (excluding diaryl/α,β-unsaturated/α-hetero) is 1. The summed E-state index contributed by atoms with van der Waals surface area (Å²) < 4.78 is 0. The van der Waals surface area contributed by atoms with Crippen molar-refractivity contribution in [1.29, 1.82) is 0 Å². The number of aromatic amines is 1. The topological polar surface area (TPSA) is 186 Å². The molecule has 0 saturated heterocycles. The Bertz CT molecular complexity index is 1450. The summed E-state index contributed by atoms with van der Waals surface area (Å²) in [5.41, 5.74) is 1.90. The van der Waals surface area contributed by atoms with Crippen molar-refractivity contribution in [3.63, 3.8) is 0 Å². The lowest BCUT2D eigenvalue weighted by atomic mass is 9.88. The summed E-state index contributed by atoms with van der Waals surface area (Å²) in [5, 5.41) is 24.6. The Labute approximate surface area is 234 Å². The van der Waals surface area contributed by atoms with Crippen molar-refractivity contribution in [3.05, 3.63) is 65.9 Å². The van der Waals surface area contributed by atoms with E-state index >= 15 is 0 Å². The summed E-state index contributed by atoms with van der Waals surface area (Å²) in [6.45, 7) is -1.10. The molecule has 3 aromatic rings. The number of carboxylic acids is 1. The summed E-state index contributed by atoms with van der Waals surface area (Å²) in [6, 6.07) is 13.3. The van der Waals surface area contributed by atoms with E-state index in [1.807, 2.05) is 24.3 Å². The van der Waals surface area contributed by atoms with Gasteiger partial charge in [0.1, 0.15) is 24.6 Å². The molecule has 12 nitrogen and oxygen atoms in total. The van der Waals surface area contributed by atoms with E-state index in [-0.39, 0.29) is 37.3 Å². The van der Waals surface area contributed by atoms with Gasteiger partial charge >= 0.3 is 5.97 Å². The van der Waals surface area contributed by atoms with Crippen LogP contribution in [0.3, 0.4) is 0 Å². The standard InChI is InChI=1S/C29H30N4O8/c34-15-19(13-28(39)40)30-26(37)12-17-9-10-25(36)23(14-33(27(38)16-35)24-8-4-2-6-20(17)24)32-29(41)22-11-18-5-1-3-7-21(18)31-22/h1-8,11,15,17,19,23,31,35H,9-10,12-14,16H2,(H,30,37)(H,32,41)(H,39,40)/t17?,19-,23-/m0/s1. The van der Waals surface area contributed by atoms with Crippen LogP contribution in [0.25, 0.3) is 10.9 Å². The number of carbonyl (C=O) groups excluding carboxylic acids is 5. The molecule has 3 atom stereocenters. The Morgan fingerprint density at radius 3 is 2.54 bits per heavy atom. The van der Waals surface area contributed by atoms with E-state index < -0.39 is 54.7 Å². The minimum atomic E-state index is -1.25. The second-order valence-electron chi connectivity index (χ2n) is 9.83. The number of nitrogens with zero attached hydrogens (tertiary/aromatic N) is 1. The molecule has 1 aliphatic heterocycles. The van der Waals surface area contributed by atoms with Gasteiger partial charge in [-0.3, -0.25) is 24.0 Å². The summed E-state index contributed by atoms with van der Waals surface area (Å²) >= 11 is 0. The normalized spacial score (nSPS) is 17.9. The number of anilines is 1. The number of aliphatic carboxylic acids is 1. The van der Waals surface area contributed by atoms with Gasteiger partial charge in [0.15, 0.2) is 5.78 Å². The maximum atomic E-state index is 13.4.